The van der Waals surface area contributed by atoms with Crippen LogP contribution in [0, 0.1) is 45.8 Å². The second-order valence-corrected chi connectivity index (χ2v) is 13.4. The van der Waals surface area contributed by atoms with E-state index in [-0.39, 0.29) is 36.4 Å². The average Bonchev–Trinajstić information content (AvgIpc) is 3.34. The first-order valence-corrected chi connectivity index (χ1v) is 14.2. The van der Waals surface area contributed by atoms with Crippen LogP contribution in [0.25, 0.3) is 0 Å². The summed E-state index contributed by atoms with van der Waals surface area (Å²) in [4.78, 5) is 28.7. The van der Waals surface area contributed by atoms with Crippen molar-refractivity contribution in [3.05, 3.63) is 23.3 Å². The molecule has 0 spiro atoms. The van der Waals surface area contributed by atoms with Crippen LogP contribution in [0.3, 0.4) is 0 Å². The van der Waals surface area contributed by atoms with Crippen LogP contribution in [0.1, 0.15) is 53.4 Å². The molecule has 7 nitrogen and oxygen atoms in total. The fourth-order valence-electron chi connectivity index (χ4n) is 9.54. The largest absolute Gasteiger partial charge is 0.481 e. The van der Waals surface area contributed by atoms with Gasteiger partial charge in [-0.15, -0.1) is 0 Å². The molecule has 4 bridgehead atoms. The summed E-state index contributed by atoms with van der Waals surface area (Å²) in [6, 6.07) is 0. The maximum Gasteiger partial charge on any atom is 0.315 e. The number of aliphatic hydroxyl groups is 1. The molecule has 37 heavy (non-hydrogen) atoms. The molecule has 1 aliphatic heterocycles. The van der Waals surface area contributed by atoms with Gasteiger partial charge in [0.1, 0.15) is 17.8 Å². The molecule has 5 rings (SSSR count). The molecule has 0 aromatic rings. The molecule has 3 unspecified atom stereocenters. The van der Waals surface area contributed by atoms with Crippen LogP contribution in [0.2, 0.25) is 0 Å². The summed E-state index contributed by atoms with van der Waals surface area (Å²) in [5.41, 5.74) is -2.09. The van der Waals surface area contributed by atoms with Crippen LogP contribution in [0.4, 0.5) is 0 Å². The molecular weight excluding hydrogens is 494 g/mol. The molecule has 0 amide bonds. The van der Waals surface area contributed by atoms with Crippen molar-refractivity contribution in [2.75, 3.05) is 26.2 Å². The molecule has 206 valence electrons. The lowest BCUT2D eigenvalue weighted by Gasteiger charge is -2.58. The number of hydrogen-bond donors (Lipinski definition) is 2. The molecule has 1 heterocycles. The summed E-state index contributed by atoms with van der Waals surface area (Å²) >= 11 is 6.03. The standard InChI is InChI=1S/C29H42ClNO6/c1-16(2)23-8-20-9-27(14-32)22-7-6-17(3)21(22)10-28(20,29(23,27)26(34)35)15-36-25-24(33)13-31(11-18(4)30)12-19(5)37-25/h8,14,16-17,19-22,24-25,33H,4,6-7,9-13,15H2,1-3,5H3,(H,34,35)/t17-,19-,20?,21-,22-,24+,25-,27?,28?,29+/m1/s1. The summed E-state index contributed by atoms with van der Waals surface area (Å²) in [6.45, 7) is 13.5. The Bertz CT molecular complexity index is 999. The zero-order valence-corrected chi connectivity index (χ0v) is 23.2. The molecule has 5 aliphatic rings. The third-order valence-corrected chi connectivity index (χ3v) is 10.8. The van der Waals surface area contributed by atoms with Crippen molar-refractivity contribution in [2.45, 2.75) is 71.9 Å². The molecule has 0 aromatic carbocycles. The van der Waals surface area contributed by atoms with Crippen LogP contribution in [-0.2, 0) is 19.1 Å². The lowest BCUT2D eigenvalue weighted by Crippen LogP contribution is -2.63. The Morgan fingerprint density at radius 2 is 2.05 bits per heavy atom. The number of fused-ring (bicyclic) bond motifs is 2. The topological polar surface area (TPSA) is 96.3 Å². The van der Waals surface area contributed by atoms with E-state index in [1.54, 1.807) is 0 Å². The van der Waals surface area contributed by atoms with Crippen molar-refractivity contribution in [1.82, 2.24) is 4.90 Å². The van der Waals surface area contributed by atoms with Gasteiger partial charge in [-0.25, -0.2) is 0 Å². The van der Waals surface area contributed by atoms with E-state index in [1.807, 2.05) is 25.7 Å². The zero-order chi connectivity index (χ0) is 26.9. The third-order valence-electron chi connectivity index (χ3n) is 10.7. The fraction of sp³-hybridized carbons (Fsp3) is 0.793. The van der Waals surface area contributed by atoms with Gasteiger partial charge < -0.3 is 24.5 Å². The number of carboxylic acid groups (broad SMARTS) is 1. The predicted molar refractivity (Wildman–Crippen MR) is 140 cm³/mol. The number of halogens is 1. The van der Waals surface area contributed by atoms with Crippen molar-refractivity contribution < 1.29 is 29.3 Å². The van der Waals surface area contributed by atoms with Gasteiger partial charge in [0.25, 0.3) is 0 Å². The van der Waals surface area contributed by atoms with Crippen molar-refractivity contribution >= 4 is 23.9 Å². The van der Waals surface area contributed by atoms with Crippen LogP contribution in [0.5, 0.6) is 0 Å². The van der Waals surface area contributed by atoms with Crippen molar-refractivity contribution in [1.29, 1.82) is 0 Å². The van der Waals surface area contributed by atoms with E-state index in [9.17, 15) is 19.8 Å². The number of aliphatic hydroxyl groups excluding tert-OH is 1. The highest BCUT2D eigenvalue weighted by molar-refractivity contribution is 6.29. The third kappa shape index (κ3) is 3.67. The highest BCUT2D eigenvalue weighted by Crippen LogP contribution is 2.82. The van der Waals surface area contributed by atoms with E-state index in [0.29, 0.717) is 43.4 Å². The minimum absolute atomic E-state index is 0.00688. The smallest absolute Gasteiger partial charge is 0.315 e. The molecule has 8 heteroatoms. The summed E-state index contributed by atoms with van der Waals surface area (Å²) in [7, 11) is 0. The SMILES string of the molecule is C=C(Cl)CN1C[C@@H](C)O[C@@H](OCC23C[C@@H]4[C@H](C)CC[C@H]4C4(C=O)CC2C=C(C(C)C)[C@@]34C(=O)O)[C@@H](O)C1. The second-order valence-electron chi connectivity index (χ2n) is 12.9. The number of β-amino-alcohol motifs (C(OH)–C–C–N with tert-alkyl or cyclic N) is 1. The molecule has 2 N–H and O–H groups in total. The molecule has 4 aliphatic carbocycles. The number of aldehydes is 1. The van der Waals surface area contributed by atoms with E-state index >= 15 is 0 Å². The summed E-state index contributed by atoms with van der Waals surface area (Å²) in [6.07, 6.45) is 4.36. The lowest BCUT2D eigenvalue weighted by molar-refractivity contribution is -0.235. The first kappa shape index (κ1) is 27.3. The highest BCUT2D eigenvalue weighted by Gasteiger charge is 2.84. The first-order valence-electron chi connectivity index (χ1n) is 13.9. The van der Waals surface area contributed by atoms with Crippen LogP contribution in [-0.4, -0.2) is 72.1 Å². The van der Waals surface area contributed by atoms with Gasteiger partial charge in [-0.3, -0.25) is 9.69 Å². The number of hydrogen-bond acceptors (Lipinski definition) is 6. The number of rotatable bonds is 8. The van der Waals surface area contributed by atoms with E-state index in [4.69, 9.17) is 21.1 Å². The molecule has 0 aromatic heterocycles. The van der Waals surface area contributed by atoms with E-state index in [0.717, 1.165) is 24.7 Å². The molecule has 10 atom stereocenters. The van der Waals surface area contributed by atoms with Gasteiger partial charge in [0.2, 0.25) is 0 Å². The number of allylic oxidation sites excluding steroid dienone is 1. The number of ether oxygens (including phenoxy) is 2. The number of carbonyl (C=O) groups excluding carboxylic acids is 1. The maximum absolute atomic E-state index is 13.6. The van der Waals surface area contributed by atoms with Gasteiger partial charge in [-0.05, 0) is 55.8 Å². The van der Waals surface area contributed by atoms with Gasteiger partial charge in [-0.1, -0.05) is 57.0 Å². The number of aliphatic carboxylic acids is 1. The fourth-order valence-corrected chi connectivity index (χ4v) is 9.71. The van der Waals surface area contributed by atoms with Gasteiger partial charge in [0.05, 0.1) is 18.1 Å². The Morgan fingerprint density at radius 1 is 1.32 bits per heavy atom. The highest BCUT2D eigenvalue weighted by atomic mass is 35.5. The van der Waals surface area contributed by atoms with E-state index in [2.05, 4.69) is 19.6 Å². The molecule has 1 saturated heterocycles. The van der Waals surface area contributed by atoms with E-state index in [1.165, 1.54) is 0 Å². The summed E-state index contributed by atoms with van der Waals surface area (Å²) in [5.74, 6) is -0.146. The Kier molecular flexibility index (Phi) is 6.97. The molecule has 0 radical (unpaired) electrons. The van der Waals surface area contributed by atoms with Crippen LogP contribution in [0.15, 0.2) is 23.3 Å². The van der Waals surface area contributed by atoms with Gasteiger partial charge in [0, 0.05) is 30.1 Å². The van der Waals surface area contributed by atoms with Crippen molar-refractivity contribution in [3.63, 3.8) is 0 Å². The minimum Gasteiger partial charge on any atom is -0.481 e. The van der Waals surface area contributed by atoms with Crippen molar-refractivity contribution in [3.8, 4) is 0 Å². The molecular formula is C29H42ClNO6. The van der Waals surface area contributed by atoms with Crippen LogP contribution >= 0.6 is 11.6 Å². The van der Waals surface area contributed by atoms with Gasteiger partial charge >= 0.3 is 5.97 Å². The van der Waals surface area contributed by atoms with Crippen molar-refractivity contribution in [2.24, 2.45) is 45.8 Å². The normalized spacial score (nSPS) is 47.0. The zero-order valence-electron chi connectivity index (χ0n) is 22.5. The summed E-state index contributed by atoms with van der Waals surface area (Å²) < 4.78 is 12.6. The Morgan fingerprint density at radius 3 is 2.68 bits per heavy atom. The van der Waals surface area contributed by atoms with Gasteiger partial charge in [-0.2, -0.15) is 0 Å². The number of nitrogens with zero attached hydrogens (tertiary/aromatic N) is 1. The monoisotopic (exact) mass is 535 g/mol. The summed E-state index contributed by atoms with van der Waals surface area (Å²) in [5, 5.41) is 22.6. The lowest BCUT2D eigenvalue weighted by atomic mass is 9.43. The quantitative estimate of drug-likeness (QED) is 0.357. The Labute approximate surface area is 225 Å². The van der Waals surface area contributed by atoms with Crippen LogP contribution < -0.4 is 0 Å². The van der Waals surface area contributed by atoms with Gasteiger partial charge in [0.15, 0.2) is 6.29 Å². The molecule has 4 fully saturated rings. The predicted octanol–water partition coefficient (Wildman–Crippen LogP) is 4.09. The minimum atomic E-state index is -1.30. The average molecular weight is 536 g/mol. The maximum atomic E-state index is 13.6. The first-order chi connectivity index (χ1) is 17.4. The van der Waals surface area contributed by atoms with E-state index < -0.39 is 34.6 Å². The Hall–Kier alpha value is -1.25. The number of carbonyl (C=O) groups is 2. The second kappa shape index (κ2) is 9.44. The molecule has 3 saturated carbocycles. The Balaban J connectivity index is 1.52. The number of carboxylic acids is 1.